The van der Waals surface area contributed by atoms with Gasteiger partial charge in [-0.25, -0.2) is 4.99 Å². The van der Waals surface area contributed by atoms with Crippen LogP contribution in [-0.4, -0.2) is 53.6 Å². The highest BCUT2D eigenvalue weighted by Gasteiger charge is 2.52. The Kier molecular flexibility index (Phi) is 6.98. The summed E-state index contributed by atoms with van der Waals surface area (Å²) < 4.78 is 51.3. The zero-order chi connectivity index (χ0) is 27.3. The van der Waals surface area contributed by atoms with Crippen LogP contribution in [0.3, 0.4) is 0 Å². The van der Waals surface area contributed by atoms with E-state index in [-0.39, 0.29) is 36.2 Å². The second kappa shape index (κ2) is 9.49. The number of methoxy groups -OCH3 is 1. The van der Waals surface area contributed by atoms with Crippen molar-refractivity contribution in [3.05, 3.63) is 29.3 Å². The molecule has 2 amide bonds. The molecule has 1 unspecified atom stereocenters. The molecule has 0 aromatic heterocycles. The van der Waals surface area contributed by atoms with Crippen molar-refractivity contribution in [2.24, 2.45) is 22.6 Å². The molecule has 2 heterocycles. The van der Waals surface area contributed by atoms with Crippen molar-refractivity contribution < 1.29 is 32.2 Å². The van der Waals surface area contributed by atoms with Crippen LogP contribution in [0.15, 0.2) is 23.2 Å². The third-order valence-electron chi connectivity index (χ3n) is 7.25. The zero-order valence-corrected chi connectivity index (χ0v) is 21.8. The summed E-state index contributed by atoms with van der Waals surface area (Å²) in [6.45, 7) is 7.71. The van der Waals surface area contributed by atoms with E-state index in [2.05, 4.69) is 10.3 Å². The Balaban J connectivity index is 1.54. The number of fused-ring (bicyclic) bond motifs is 1. The Morgan fingerprint density at radius 1 is 1.32 bits per heavy atom. The molecule has 0 saturated heterocycles. The van der Waals surface area contributed by atoms with E-state index in [0.717, 1.165) is 12.1 Å². The third-order valence-corrected chi connectivity index (χ3v) is 7.25. The third kappa shape index (κ3) is 5.86. The lowest BCUT2D eigenvalue weighted by molar-refractivity contribution is -0.137. The zero-order valence-electron chi connectivity index (χ0n) is 21.8. The van der Waals surface area contributed by atoms with Crippen molar-refractivity contribution in [3.8, 4) is 5.75 Å². The van der Waals surface area contributed by atoms with Gasteiger partial charge in [-0.05, 0) is 64.7 Å². The average molecular weight is 525 g/mol. The molecule has 0 bridgehead atoms. The number of guanidine groups is 1. The first kappa shape index (κ1) is 27.2. The van der Waals surface area contributed by atoms with Crippen molar-refractivity contribution in [2.75, 3.05) is 13.7 Å². The molecule has 1 aliphatic carbocycles. The van der Waals surface area contributed by atoms with Crippen LogP contribution in [0.2, 0.25) is 0 Å². The van der Waals surface area contributed by atoms with Gasteiger partial charge in [-0.2, -0.15) is 13.2 Å². The Hall–Kier alpha value is -2.82. The Morgan fingerprint density at radius 3 is 2.65 bits per heavy atom. The molecule has 1 aromatic rings. The van der Waals surface area contributed by atoms with Crippen LogP contribution in [0.1, 0.15) is 70.5 Å². The first-order valence-electron chi connectivity index (χ1n) is 12.5. The van der Waals surface area contributed by atoms with Crippen LogP contribution in [-0.2, 0) is 20.5 Å². The minimum Gasteiger partial charge on any atom is -0.487 e. The van der Waals surface area contributed by atoms with E-state index >= 15 is 0 Å². The number of hydrogen-bond donors (Lipinski definition) is 2. The van der Waals surface area contributed by atoms with Gasteiger partial charge in [0, 0.05) is 37.7 Å². The van der Waals surface area contributed by atoms with Crippen LogP contribution in [0.4, 0.5) is 13.2 Å². The molecular formula is C26H35F3N4O4. The number of rotatable bonds is 7. The molecule has 1 aromatic carbocycles. The van der Waals surface area contributed by atoms with E-state index in [1.165, 1.54) is 11.0 Å². The number of hydrogen-bond acceptors (Lipinski definition) is 6. The van der Waals surface area contributed by atoms with E-state index in [4.69, 9.17) is 15.2 Å². The lowest BCUT2D eigenvalue weighted by Crippen LogP contribution is -2.55. The quantitative estimate of drug-likeness (QED) is 0.565. The summed E-state index contributed by atoms with van der Waals surface area (Å²) in [7, 11) is 1.56. The van der Waals surface area contributed by atoms with Crippen LogP contribution >= 0.6 is 0 Å². The van der Waals surface area contributed by atoms with Crippen molar-refractivity contribution in [2.45, 2.75) is 82.8 Å². The van der Waals surface area contributed by atoms with Gasteiger partial charge in [-0.1, -0.05) is 0 Å². The number of nitrogens with zero attached hydrogens (tertiary/aromatic N) is 2. The van der Waals surface area contributed by atoms with E-state index in [9.17, 15) is 22.8 Å². The maximum atomic E-state index is 13.4. The highest BCUT2D eigenvalue weighted by Crippen LogP contribution is 2.47. The van der Waals surface area contributed by atoms with E-state index in [1.54, 1.807) is 7.11 Å². The predicted octanol–water partition coefficient (Wildman–Crippen LogP) is 3.79. The number of nitrogens with one attached hydrogen (secondary N) is 1. The van der Waals surface area contributed by atoms with Crippen molar-refractivity contribution in [3.63, 3.8) is 0 Å². The molecule has 1 fully saturated rings. The summed E-state index contributed by atoms with van der Waals surface area (Å²) in [6, 6.07) is 2.34. The molecule has 8 nitrogen and oxygen atoms in total. The van der Waals surface area contributed by atoms with Gasteiger partial charge in [0.1, 0.15) is 11.4 Å². The average Bonchev–Trinajstić information content (AvgIpc) is 3.54. The second-order valence-corrected chi connectivity index (χ2v) is 11.5. The maximum absolute atomic E-state index is 13.4. The summed E-state index contributed by atoms with van der Waals surface area (Å²) >= 11 is 0. The van der Waals surface area contributed by atoms with E-state index in [1.807, 2.05) is 27.7 Å². The summed E-state index contributed by atoms with van der Waals surface area (Å²) in [5.74, 6) is -0.526. The van der Waals surface area contributed by atoms with Gasteiger partial charge < -0.3 is 20.5 Å². The van der Waals surface area contributed by atoms with Gasteiger partial charge in [0.15, 0.2) is 5.96 Å². The van der Waals surface area contributed by atoms with E-state index < -0.39 is 34.8 Å². The molecule has 4 rings (SSSR count). The van der Waals surface area contributed by atoms with Gasteiger partial charge in [-0.15, -0.1) is 0 Å². The fraction of sp³-hybridized carbons (Fsp3) is 0.654. The lowest BCUT2D eigenvalue weighted by atomic mass is 9.88. The highest BCUT2D eigenvalue weighted by atomic mass is 19.4. The van der Waals surface area contributed by atoms with Gasteiger partial charge in [0.25, 0.3) is 0 Å². The molecular weight excluding hydrogens is 489 g/mol. The molecule has 0 spiro atoms. The standard InChI is InChI=1S/C26H35F3N4O4/c1-24(2)13-21(34)33(23(30)32-24)19(8-9-36-5)15-11-16(15)22(35)31-18-12-25(3,4)37-20-7-6-14(10-17(18)20)26(27,28)29/h6-7,10,15-16,18-19H,8-9,11-13H2,1-5H3,(H2,30,32)(H,31,35)/t15-,16-,18?,19-/m1/s1. The normalized spacial score (nSPS) is 27.0. The summed E-state index contributed by atoms with van der Waals surface area (Å²) in [5, 5.41) is 2.97. The van der Waals surface area contributed by atoms with Crippen molar-refractivity contribution in [1.29, 1.82) is 0 Å². The molecule has 3 aliphatic rings. The van der Waals surface area contributed by atoms with Gasteiger partial charge >= 0.3 is 6.18 Å². The number of carbonyl (C=O) groups is 2. The molecule has 3 N–H and O–H groups in total. The molecule has 37 heavy (non-hydrogen) atoms. The van der Waals surface area contributed by atoms with E-state index in [0.29, 0.717) is 37.2 Å². The molecule has 1 saturated carbocycles. The van der Waals surface area contributed by atoms with Gasteiger partial charge in [0.2, 0.25) is 11.8 Å². The summed E-state index contributed by atoms with van der Waals surface area (Å²) in [4.78, 5) is 32.3. The molecule has 2 aliphatic heterocycles. The second-order valence-electron chi connectivity index (χ2n) is 11.5. The number of halogens is 3. The molecule has 4 atom stereocenters. The SMILES string of the molecule is COCC[C@H]([C@@H]1C[C@H]1C(=O)NC1CC(C)(C)Oc2ccc(C(F)(F)F)cc21)N1C(=O)CC(C)(C)N=C1N. The Labute approximate surface area is 214 Å². The number of alkyl halides is 3. The highest BCUT2D eigenvalue weighted by molar-refractivity contribution is 5.99. The fourth-order valence-electron chi connectivity index (χ4n) is 5.49. The number of benzene rings is 1. The van der Waals surface area contributed by atoms with Crippen LogP contribution in [0, 0.1) is 11.8 Å². The summed E-state index contributed by atoms with van der Waals surface area (Å²) in [6.07, 6.45) is -2.98. The van der Waals surface area contributed by atoms with Crippen LogP contribution in [0.5, 0.6) is 5.75 Å². The number of amides is 2. The molecule has 11 heteroatoms. The number of carbonyl (C=O) groups excluding carboxylic acids is 2. The first-order valence-corrected chi connectivity index (χ1v) is 12.5. The predicted molar refractivity (Wildman–Crippen MR) is 131 cm³/mol. The number of nitrogens with two attached hydrogens (primary N) is 1. The van der Waals surface area contributed by atoms with Crippen LogP contribution in [0.25, 0.3) is 0 Å². The Morgan fingerprint density at radius 2 is 2.03 bits per heavy atom. The smallest absolute Gasteiger partial charge is 0.416 e. The number of ether oxygens (including phenoxy) is 2. The van der Waals surface area contributed by atoms with Gasteiger partial charge in [-0.3, -0.25) is 14.5 Å². The van der Waals surface area contributed by atoms with Gasteiger partial charge in [0.05, 0.1) is 23.6 Å². The van der Waals surface area contributed by atoms with Crippen molar-refractivity contribution in [1.82, 2.24) is 10.2 Å². The van der Waals surface area contributed by atoms with Crippen LogP contribution < -0.4 is 15.8 Å². The number of aliphatic imine (C=N–C) groups is 1. The largest absolute Gasteiger partial charge is 0.487 e. The molecule has 0 radical (unpaired) electrons. The topological polar surface area (TPSA) is 106 Å². The lowest BCUT2D eigenvalue weighted by Gasteiger charge is -2.39. The minimum absolute atomic E-state index is 0.133. The summed E-state index contributed by atoms with van der Waals surface area (Å²) in [5.41, 5.74) is 4.44. The van der Waals surface area contributed by atoms with Crippen molar-refractivity contribution >= 4 is 17.8 Å². The minimum atomic E-state index is -4.51. The first-order chi connectivity index (χ1) is 17.1. The maximum Gasteiger partial charge on any atom is 0.416 e. The molecule has 204 valence electrons. The fourth-order valence-corrected chi connectivity index (χ4v) is 5.49. The monoisotopic (exact) mass is 524 g/mol. The Bertz CT molecular complexity index is 1100.